The van der Waals surface area contributed by atoms with Crippen LogP contribution in [0.5, 0.6) is 0 Å². The van der Waals surface area contributed by atoms with Crippen LogP contribution in [-0.4, -0.2) is 33.4 Å². The number of nitrogens with one attached hydrogen (secondary N) is 2. The molecule has 0 aromatic carbocycles. The summed E-state index contributed by atoms with van der Waals surface area (Å²) in [4.78, 5) is 40.8. The second-order valence-electron chi connectivity index (χ2n) is 5.82. The summed E-state index contributed by atoms with van der Waals surface area (Å²) in [6.45, 7) is 1.77. The van der Waals surface area contributed by atoms with Gasteiger partial charge in [0.2, 0.25) is 0 Å². The summed E-state index contributed by atoms with van der Waals surface area (Å²) in [5.41, 5.74) is 2.38. The molecule has 0 atom stereocenters. The summed E-state index contributed by atoms with van der Waals surface area (Å²) in [5, 5.41) is 3.53. The van der Waals surface area contributed by atoms with Gasteiger partial charge < -0.3 is 5.32 Å². The third-order valence-electron chi connectivity index (χ3n) is 4.20. The normalized spacial score (nSPS) is 20.1. The van der Waals surface area contributed by atoms with Gasteiger partial charge in [0.15, 0.2) is 0 Å². The number of pyridine rings is 1. The number of imide groups is 1. The van der Waals surface area contributed by atoms with Crippen LogP contribution in [0, 0.1) is 6.92 Å². The minimum absolute atomic E-state index is 0.171. The molecule has 2 heterocycles. The molecular weight excluding hydrogens is 284 g/mol. The Hall–Kier alpha value is -2.44. The van der Waals surface area contributed by atoms with Crippen molar-refractivity contribution >= 4 is 17.8 Å². The lowest BCUT2D eigenvalue weighted by Crippen LogP contribution is -2.51. The van der Waals surface area contributed by atoms with E-state index in [4.69, 9.17) is 0 Å². The zero-order chi connectivity index (χ0) is 15.7. The molecule has 4 amide bonds. The predicted octanol–water partition coefficient (Wildman–Crippen LogP) is 1.29. The molecule has 2 aliphatic rings. The van der Waals surface area contributed by atoms with E-state index < -0.39 is 17.5 Å². The lowest BCUT2D eigenvalue weighted by Gasteiger charge is -2.30. The summed E-state index contributed by atoms with van der Waals surface area (Å²) in [5.74, 6) is -0.946. The van der Waals surface area contributed by atoms with Crippen LogP contribution in [0.15, 0.2) is 18.2 Å². The molecule has 1 aliphatic heterocycles. The molecule has 1 spiro atoms. The minimum Gasteiger partial charge on any atom is -0.322 e. The quantitative estimate of drug-likeness (QED) is 0.805. The first kappa shape index (κ1) is 14.5. The number of rotatable bonds is 2. The largest absolute Gasteiger partial charge is 0.344 e. The van der Waals surface area contributed by atoms with Gasteiger partial charge in [0.25, 0.3) is 11.8 Å². The Balaban J connectivity index is 1.76. The molecule has 7 nitrogen and oxygen atoms in total. The Labute approximate surface area is 128 Å². The van der Waals surface area contributed by atoms with Crippen LogP contribution < -0.4 is 10.7 Å². The van der Waals surface area contributed by atoms with Crippen molar-refractivity contribution in [3.05, 3.63) is 29.6 Å². The van der Waals surface area contributed by atoms with Gasteiger partial charge in [-0.2, -0.15) is 5.01 Å². The second kappa shape index (κ2) is 5.40. The summed E-state index contributed by atoms with van der Waals surface area (Å²) in [6.07, 6.45) is 4.09. The highest BCUT2D eigenvalue weighted by Crippen LogP contribution is 2.32. The molecule has 2 fully saturated rings. The molecule has 0 radical (unpaired) electrons. The molecule has 3 rings (SSSR count). The third kappa shape index (κ3) is 2.43. The van der Waals surface area contributed by atoms with Gasteiger partial charge in [0.05, 0.1) is 0 Å². The van der Waals surface area contributed by atoms with E-state index in [1.54, 1.807) is 19.1 Å². The van der Waals surface area contributed by atoms with E-state index in [1.165, 1.54) is 6.07 Å². The van der Waals surface area contributed by atoms with Crippen molar-refractivity contribution in [2.75, 3.05) is 0 Å². The average Bonchev–Trinajstić information content (AvgIpc) is 2.72. The van der Waals surface area contributed by atoms with E-state index in [2.05, 4.69) is 15.7 Å². The Morgan fingerprint density at radius 2 is 2.00 bits per heavy atom. The fourth-order valence-electron chi connectivity index (χ4n) is 3.04. The smallest absolute Gasteiger partial charge is 0.322 e. The Morgan fingerprint density at radius 1 is 1.27 bits per heavy atom. The van der Waals surface area contributed by atoms with Crippen LogP contribution in [0.4, 0.5) is 4.79 Å². The third-order valence-corrected chi connectivity index (χ3v) is 4.20. The maximum Gasteiger partial charge on any atom is 0.344 e. The Bertz CT molecular complexity index is 637. The fraction of sp³-hybridized carbons (Fsp3) is 0.467. The van der Waals surface area contributed by atoms with Crippen molar-refractivity contribution in [2.24, 2.45) is 0 Å². The summed E-state index contributed by atoms with van der Waals surface area (Å²) < 4.78 is 0. The van der Waals surface area contributed by atoms with Crippen LogP contribution in [-0.2, 0) is 4.79 Å². The Kier molecular flexibility index (Phi) is 3.56. The highest BCUT2D eigenvalue weighted by atomic mass is 16.2. The molecule has 1 aliphatic carbocycles. The molecule has 1 saturated heterocycles. The van der Waals surface area contributed by atoms with E-state index in [9.17, 15) is 14.4 Å². The molecule has 0 bridgehead atoms. The summed E-state index contributed by atoms with van der Waals surface area (Å²) >= 11 is 0. The molecule has 1 aromatic rings. The van der Waals surface area contributed by atoms with Crippen LogP contribution in [0.25, 0.3) is 0 Å². The van der Waals surface area contributed by atoms with Gasteiger partial charge in [0, 0.05) is 5.69 Å². The predicted molar refractivity (Wildman–Crippen MR) is 77.6 cm³/mol. The first-order chi connectivity index (χ1) is 10.5. The first-order valence-corrected chi connectivity index (χ1v) is 7.43. The van der Waals surface area contributed by atoms with Crippen molar-refractivity contribution < 1.29 is 14.4 Å². The first-order valence-electron chi connectivity index (χ1n) is 7.43. The number of carbonyl (C=O) groups is 3. The number of hydrazine groups is 1. The van der Waals surface area contributed by atoms with Gasteiger partial charge in [-0.05, 0) is 31.9 Å². The lowest BCUT2D eigenvalue weighted by atomic mass is 9.82. The number of nitrogens with zero attached hydrogens (tertiary/aromatic N) is 2. The zero-order valence-electron chi connectivity index (χ0n) is 12.4. The maximum atomic E-state index is 12.5. The number of amides is 4. The molecule has 0 unspecified atom stereocenters. The summed E-state index contributed by atoms with van der Waals surface area (Å²) in [7, 11) is 0. The van der Waals surface area contributed by atoms with Gasteiger partial charge in [-0.25, -0.2) is 9.78 Å². The number of aryl methyl sites for hydroxylation is 1. The van der Waals surface area contributed by atoms with E-state index in [1.807, 2.05) is 0 Å². The van der Waals surface area contributed by atoms with Gasteiger partial charge in [-0.15, -0.1) is 0 Å². The van der Waals surface area contributed by atoms with Crippen LogP contribution in [0.3, 0.4) is 0 Å². The number of hydrogen-bond acceptors (Lipinski definition) is 4. The van der Waals surface area contributed by atoms with Crippen molar-refractivity contribution in [2.45, 2.75) is 44.6 Å². The minimum atomic E-state index is -0.845. The van der Waals surface area contributed by atoms with Crippen LogP contribution in [0.2, 0.25) is 0 Å². The number of hydrogen-bond donors (Lipinski definition) is 2. The van der Waals surface area contributed by atoms with E-state index in [0.717, 1.165) is 24.3 Å². The molecular formula is C15H18N4O3. The SMILES string of the molecule is Cc1cccc(C(=O)NN2C(=O)NC3(CCCCC3)C2=O)n1. The molecule has 1 aromatic heterocycles. The fourth-order valence-corrected chi connectivity index (χ4v) is 3.04. The van der Waals surface area contributed by atoms with Crippen LogP contribution in [0.1, 0.15) is 48.3 Å². The van der Waals surface area contributed by atoms with Crippen molar-refractivity contribution in [3.8, 4) is 0 Å². The monoisotopic (exact) mass is 302 g/mol. The maximum absolute atomic E-state index is 12.5. The average molecular weight is 302 g/mol. The van der Waals surface area contributed by atoms with Gasteiger partial charge in [-0.3, -0.25) is 15.0 Å². The topological polar surface area (TPSA) is 91.4 Å². The number of aromatic nitrogens is 1. The Morgan fingerprint density at radius 3 is 2.68 bits per heavy atom. The molecule has 116 valence electrons. The van der Waals surface area contributed by atoms with Gasteiger partial charge >= 0.3 is 6.03 Å². The van der Waals surface area contributed by atoms with Crippen molar-refractivity contribution in [1.82, 2.24) is 20.7 Å². The van der Waals surface area contributed by atoms with Crippen LogP contribution >= 0.6 is 0 Å². The molecule has 1 saturated carbocycles. The molecule has 22 heavy (non-hydrogen) atoms. The molecule has 7 heteroatoms. The van der Waals surface area contributed by atoms with E-state index >= 15 is 0 Å². The van der Waals surface area contributed by atoms with Gasteiger partial charge in [-0.1, -0.05) is 25.3 Å². The van der Waals surface area contributed by atoms with Gasteiger partial charge in [0.1, 0.15) is 11.2 Å². The zero-order valence-corrected chi connectivity index (χ0v) is 12.4. The van der Waals surface area contributed by atoms with Crippen molar-refractivity contribution in [1.29, 1.82) is 0 Å². The van der Waals surface area contributed by atoms with E-state index in [-0.39, 0.29) is 11.6 Å². The lowest BCUT2D eigenvalue weighted by molar-refractivity contribution is -0.134. The second-order valence-corrected chi connectivity index (χ2v) is 5.82. The molecule has 2 N–H and O–H groups in total. The van der Waals surface area contributed by atoms with E-state index in [0.29, 0.717) is 18.5 Å². The highest BCUT2D eigenvalue weighted by Gasteiger charge is 2.52. The standard InChI is InChI=1S/C15H18N4O3/c1-10-6-5-7-11(16-10)12(20)18-19-13(21)15(17-14(19)22)8-3-2-4-9-15/h5-7H,2-4,8-9H2,1H3,(H,17,22)(H,18,20). The number of urea groups is 1. The number of carbonyl (C=O) groups excluding carboxylic acids is 3. The summed E-state index contributed by atoms with van der Waals surface area (Å²) in [6, 6.07) is 4.43. The van der Waals surface area contributed by atoms with Crippen molar-refractivity contribution in [3.63, 3.8) is 0 Å². The highest BCUT2D eigenvalue weighted by molar-refractivity contribution is 6.09.